The van der Waals surface area contributed by atoms with Crippen molar-refractivity contribution in [3.8, 4) is 0 Å². The second kappa shape index (κ2) is 7.95. The monoisotopic (exact) mass is 332 g/mol. The summed E-state index contributed by atoms with van der Waals surface area (Å²) in [5.74, 6) is 0.287. The van der Waals surface area contributed by atoms with Gasteiger partial charge in [0, 0.05) is 32.6 Å². The van der Waals surface area contributed by atoms with Crippen molar-refractivity contribution in [2.24, 2.45) is 4.99 Å². The fraction of sp³-hybridized carbons (Fsp3) is 0.444. The highest BCUT2D eigenvalue weighted by Gasteiger charge is 2.45. The molecule has 1 aliphatic carbocycles. The van der Waals surface area contributed by atoms with Crippen LogP contribution in [0.25, 0.3) is 0 Å². The molecule has 1 amide bonds. The fourth-order valence-corrected chi connectivity index (χ4v) is 2.47. The summed E-state index contributed by atoms with van der Waals surface area (Å²) in [7, 11) is 3.39. The molecule has 24 heavy (non-hydrogen) atoms. The number of carbonyl (C=O) groups excluding carboxylic acids is 1. The van der Waals surface area contributed by atoms with Crippen LogP contribution in [-0.2, 0) is 10.2 Å². The Morgan fingerprint density at radius 1 is 1.38 bits per heavy atom. The highest BCUT2D eigenvalue weighted by molar-refractivity contribution is 5.84. The van der Waals surface area contributed by atoms with Crippen molar-refractivity contribution in [2.45, 2.75) is 18.3 Å². The van der Waals surface area contributed by atoms with Crippen molar-refractivity contribution in [1.29, 1.82) is 0 Å². The van der Waals surface area contributed by atoms with E-state index < -0.39 is 0 Å². The van der Waals surface area contributed by atoms with E-state index in [0.717, 1.165) is 18.4 Å². The van der Waals surface area contributed by atoms with Gasteiger partial charge in [0.25, 0.3) is 0 Å². The molecule has 2 rings (SSSR count). The predicted octanol–water partition coefficient (Wildman–Crippen LogP) is 1.67. The minimum atomic E-state index is -0.187. The average Bonchev–Trinajstić information content (AvgIpc) is 3.35. The van der Waals surface area contributed by atoms with Crippen LogP contribution in [0.15, 0.2) is 41.9 Å². The zero-order valence-electron chi connectivity index (χ0n) is 14.3. The van der Waals surface area contributed by atoms with E-state index in [1.807, 2.05) is 12.1 Å². The van der Waals surface area contributed by atoms with E-state index in [1.54, 1.807) is 26.2 Å². The molecule has 1 aromatic rings. The van der Waals surface area contributed by atoms with Gasteiger partial charge in [0.15, 0.2) is 5.96 Å². The Morgan fingerprint density at radius 2 is 2.08 bits per heavy atom. The molecule has 2 N–H and O–H groups in total. The van der Waals surface area contributed by atoms with Gasteiger partial charge in [-0.15, -0.1) is 6.58 Å². The van der Waals surface area contributed by atoms with Crippen molar-refractivity contribution in [2.75, 3.05) is 33.7 Å². The number of benzene rings is 1. The summed E-state index contributed by atoms with van der Waals surface area (Å²) in [5.41, 5.74) is 0.554. The first kappa shape index (κ1) is 18.0. The first-order chi connectivity index (χ1) is 11.5. The van der Waals surface area contributed by atoms with E-state index in [2.05, 4.69) is 22.2 Å². The van der Waals surface area contributed by atoms with Crippen LogP contribution in [0.3, 0.4) is 0 Å². The Morgan fingerprint density at radius 3 is 2.67 bits per heavy atom. The van der Waals surface area contributed by atoms with Gasteiger partial charge in [-0.05, 0) is 24.5 Å². The minimum absolute atomic E-state index is 0.0617. The summed E-state index contributed by atoms with van der Waals surface area (Å²) in [4.78, 5) is 17.5. The number of nitrogens with zero attached hydrogens (tertiary/aromatic N) is 2. The van der Waals surface area contributed by atoms with E-state index in [-0.39, 0.29) is 23.7 Å². The summed E-state index contributed by atoms with van der Waals surface area (Å²) in [6.07, 6.45) is 3.59. The Labute approximate surface area is 142 Å². The number of likely N-dealkylation sites (N-methyl/N-ethyl adjacent to an activating group) is 1. The quantitative estimate of drug-likeness (QED) is 0.454. The summed E-state index contributed by atoms with van der Waals surface area (Å²) in [6, 6.07) is 6.90. The van der Waals surface area contributed by atoms with Crippen LogP contribution < -0.4 is 10.6 Å². The highest BCUT2D eigenvalue weighted by atomic mass is 19.1. The van der Waals surface area contributed by atoms with Gasteiger partial charge in [0.1, 0.15) is 12.4 Å². The summed E-state index contributed by atoms with van der Waals surface area (Å²) in [6.45, 7) is 4.84. The summed E-state index contributed by atoms with van der Waals surface area (Å²) >= 11 is 0. The van der Waals surface area contributed by atoms with E-state index in [1.165, 1.54) is 11.0 Å². The molecule has 1 aliphatic rings. The summed E-state index contributed by atoms with van der Waals surface area (Å²) < 4.78 is 14.1. The van der Waals surface area contributed by atoms with Crippen LogP contribution in [0.5, 0.6) is 0 Å². The maximum atomic E-state index is 14.1. The van der Waals surface area contributed by atoms with Gasteiger partial charge >= 0.3 is 0 Å². The van der Waals surface area contributed by atoms with E-state index >= 15 is 0 Å². The highest BCUT2D eigenvalue weighted by Crippen LogP contribution is 2.48. The normalized spacial score (nSPS) is 15.5. The molecule has 0 aliphatic heterocycles. The molecule has 1 aromatic carbocycles. The average molecular weight is 332 g/mol. The van der Waals surface area contributed by atoms with Gasteiger partial charge in [-0.25, -0.2) is 9.38 Å². The SMILES string of the molecule is C=CCNC(=NCC(=O)N(C)C)NCC1(c2ccccc2F)CC1. The van der Waals surface area contributed by atoms with Crippen LogP contribution >= 0.6 is 0 Å². The zero-order valence-corrected chi connectivity index (χ0v) is 14.3. The van der Waals surface area contributed by atoms with Gasteiger partial charge < -0.3 is 15.5 Å². The lowest BCUT2D eigenvalue weighted by molar-refractivity contribution is -0.127. The number of nitrogens with one attached hydrogen (secondary N) is 2. The van der Waals surface area contributed by atoms with Crippen molar-refractivity contribution < 1.29 is 9.18 Å². The van der Waals surface area contributed by atoms with Crippen LogP contribution in [0.1, 0.15) is 18.4 Å². The molecule has 5 nitrogen and oxygen atoms in total. The maximum absolute atomic E-state index is 14.1. The van der Waals surface area contributed by atoms with Gasteiger partial charge in [0.05, 0.1) is 0 Å². The lowest BCUT2D eigenvalue weighted by Crippen LogP contribution is -2.42. The summed E-state index contributed by atoms with van der Waals surface area (Å²) in [5, 5.41) is 6.32. The van der Waals surface area contributed by atoms with E-state index in [9.17, 15) is 9.18 Å². The third-order valence-corrected chi connectivity index (χ3v) is 4.18. The minimum Gasteiger partial charge on any atom is -0.355 e. The van der Waals surface area contributed by atoms with Crippen LogP contribution in [0, 0.1) is 5.82 Å². The molecule has 0 bridgehead atoms. The molecule has 6 heteroatoms. The van der Waals surface area contributed by atoms with Gasteiger partial charge in [-0.1, -0.05) is 24.3 Å². The number of halogens is 1. The molecular weight excluding hydrogens is 307 g/mol. The smallest absolute Gasteiger partial charge is 0.243 e. The standard InChI is InChI=1S/C18H25FN4O/c1-4-11-20-17(21-12-16(24)23(2)3)22-13-18(9-10-18)14-7-5-6-8-15(14)19/h4-8H,1,9-13H2,2-3H3,(H2,20,21,22). The van der Waals surface area contributed by atoms with Crippen molar-refractivity contribution in [1.82, 2.24) is 15.5 Å². The van der Waals surface area contributed by atoms with Crippen LogP contribution in [0.4, 0.5) is 4.39 Å². The Bertz CT molecular complexity index is 623. The number of aliphatic imine (C=N–C) groups is 1. The van der Waals surface area contributed by atoms with Crippen LogP contribution in [0.2, 0.25) is 0 Å². The third kappa shape index (κ3) is 4.57. The van der Waals surface area contributed by atoms with E-state index in [0.29, 0.717) is 19.0 Å². The van der Waals surface area contributed by atoms with Crippen molar-refractivity contribution in [3.05, 3.63) is 48.3 Å². The molecule has 0 saturated heterocycles. The Hall–Kier alpha value is -2.37. The number of amides is 1. The third-order valence-electron chi connectivity index (χ3n) is 4.18. The maximum Gasteiger partial charge on any atom is 0.243 e. The fourth-order valence-electron chi connectivity index (χ4n) is 2.47. The number of rotatable bonds is 7. The lowest BCUT2D eigenvalue weighted by atomic mass is 9.95. The Kier molecular flexibility index (Phi) is 5.95. The molecule has 0 atom stereocenters. The molecule has 1 fully saturated rings. The lowest BCUT2D eigenvalue weighted by Gasteiger charge is -2.19. The topological polar surface area (TPSA) is 56.7 Å². The molecule has 0 spiro atoms. The molecule has 0 unspecified atom stereocenters. The predicted molar refractivity (Wildman–Crippen MR) is 94.5 cm³/mol. The number of hydrogen-bond acceptors (Lipinski definition) is 2. The molecule has 1 saturated carbocycles. The number of hydrogen-bond donors (Lipinski definition) is 2. The second-order valence-electron chi connectivity index (χ2n) is 6.24. The van der Waals surface area contributed by atoms with Gasteiger partial charge in [-0.3, -0.25) is 4.79 Å². The zero-order chi connectivity index (χ0) is 17.6. The second-order valence-corrected chi connectivity index (χ2v) is 6.24. The first-order valence-corrected chi connectivity index (χ1v) is 8.07. The van der Waals surface area contributed by atoms with Crippen molar-refractivity contribution >= 4 is 11.9 Å². The largest absolute Gasteiger partial charge is 0.355 e. The first-order valence-electron chi connectivity index (χ1n) is 8.07. The van der Waals surface area contributed by atoms with Crippen LogP contribution in [-0.4, -0.2) is 50.5 Å². The number of guanidine groups is 1. The number of carbonyl (C=O) groups is 1. The Balaban J connectivity index is 2.02. The van der Waals surface area contributed by atoms with E-state index in [4.69, 9.17) is 0 Å². The molecule has 130 valence electrons. The molecule has 0 heterocycles. The van der Waals surface area contributed by atoms with Gasteiger partial charge in [0.2, 0.25) is 5.91 Å². The molecule has 0 aromatic heterocycles. The van der Waals surface area contributed by atoms with Gasteiger partial charge in [-0.2, -0.15) is 0 Å². The van der Waals surface area contributed by atoms with Crippen molar-refractivity contribution in [3.63, 3.8) is 0 Å². The molecular formula is C18H25FN4O. The molecule has 0 radical (unpaired) electrons.